The van der Waals surface area contributed by atoms with Crippen molar-refractivity contribution in [2.45, 2.75) is 44.7 Å². The van der Waals surface area contributed by atoms with Gasteiger partial charge in [-0.05, 0) is 59.7 Å². The molecule has 2 saturated heterocycles. The van der Waals surface area contributed by atoms with Crippen LogP contribution in [-0.2, 0) is 16.1 Å². The van der Waals surface area contributed by atoms with Crippen LogP contribution in [0.3, 0.4) is 0 Å². The predicted molar refractivity (Wildman–Crippen MR) is 118 cm³/mol. The third-order valence-corrected chi connectivity index (χ3v) is 7.97. The smallest absolute Gasteiger partial charge is 0.322 e. The first-order chi connectivity index (χ1) is 14.3. The van der Waals surface area contributed by atoms with Crippen LogP contribution in [0.5, 0.6) is 0 Å². The molecule has 164 valence electrons. The standard InChI is InChI=1S/C20H28BrN5O3S/c1-14-4-6-20(7-5-14)18(28)26(19(29)22-20)23-17(27)13-25-10-8-24(9-11-25)12-15-2-3-16(21)30-15/h2-3,14H,4-13H2,1H3,(H,22,29)(H,23,27). The number of rotatable bonds is 5. The van der Waals surface area contributed by atoms with Crippen LogP contribution >= 0.6 is 27.3 Å². The van der Waals surface area contributed by atoms with Gasteiger partial charge in [0.1, 0.15) is 5.54 Å². The fourth-order valence-corrected chi connectivity index (χ4v) is 5.97. The fraction of sp³-hybridized carbons (Fsp3) is 0.650. The maximum Gasteiger partial charge on any atom is 0.344 e. The lowest BCUT2D eigenvalue weighted by Crippen LogP contribution is -2.54. The van der Waals surface area contributed by atoms with E-state index in [4.69, 9.17) is 0 Å². The summed E-state index contributed by atoms with van der Waals surface area (Å²) in [7, 11) is 0. The van der Waals surface area contributed by atoms with Gasteiger partial charge in [-0.1, -0.05) is 6.92 Å². The van der Waals surface area contributed by atoms with Crippen LogP contribution in [0.25, 0.3) is 0 Å². The van der Waals surface area contributed by atoms with E-state index >= 15 is 0 Å². The number of amides is 4. The minimum Gasteiger partial charge on any atom is -0.322 e. The van der Waals surface area contributed by atoms with Crippen molar-refractivity contribution in [3.63, 3.8) is 0 Å². The summed E-state index contributed by atoms with van der Waals surface area (Å²) in [5, 5.41) is 3.72. The largest absolute Gasteiger partial charge is 0.344 e. The number of hydrazine groups is 1. The minimum atomic E-state index is -0.834. The van der Waals surface area contributed by atoms with E-state index in [1.54, 1.807) is 11.3 Å². The van der Waals surface area contributed by atoms with Gasteiger partial charge in [0.2, 0.25) is 0 Å². The van der Waals surface area contributed by atoms with Crippen LogP contribution in [0.2, 0.25) is 0 Å². The van der Waals surface area contributed by atoms with Crippen molar-refractivity contribution in [2.75, 3.05) is 32.7 Å². The van der Waals surface area contributed by atoms with Crippen molar-refractivity contribution < 1.29 is 14.4 Å². The quantitative estimate of drug-likeness (QED) is 0.608. The molecule has 1 aliphatic carbocycles. The highest BCUT2D eigenvalue weighted by Gasteiger charge is 2.52. The number of hydrogen-bond donors (Lipinski definition) is 2. The molecular weight excluding hydrogens is 470 g/mol. The topological polar surface area (TPSA) is 85.0 Å². The van der Waals surface area contributed by atoms with Gasteiger partial charge < -0.3 is 5.32 Å². The van der Waals surface area contributed by atoms with Gasteiger partial charge >= 0.3 is 6.03 Å². The number of carbonyl (C=O) groups is 3. The van der Waals surface area contributed by atoms with Gasteiger partial charge in [0, 0.05) is 37.6 Å². The van der Waals surface area contributed by atoms with Crippen LogP contribution in [-0.4, -0.2) is 70.9 Å². The van der Waals surface area contributed by atoms with Gasteiger partial charge in [-0.25, -0.2) is 4.79 Å². The van der Waals surface area contributed by atoms with Crippen LogP contribution < -0.4 is 10.7 Å². The Morgan fingerprint density at radius 2 is 1.87 bits per heavy atom. The lowest BCUT2D eigenvalue weighted by Gasteiger charge is -2.34. The third kappa shape index (κ3) is 4.71. The number of nitrogens with zero attached hydrogens (tertiary/aromatic N) is 3. The zero-order chi connectivity index (χ0) is 21.3. The van der Waals surface area contributed by atoms with Crippen molar-refractivity contribution in [3.8, 4) is 0 Å². The summed E-state index contributed by atoms with van der Waals surface area (Å²) in [5.41, 5.74) is 1.70. The van der Waals surface area contributed by atoms with E-state index in [-0.39, 0.29) is 18.4 Å². The Morgan fingerprint density at radius 3 is 2.50 bits per heavy atom. The van der Waals surface area contributed by atoms with E-state index in [0.29, 0.717) is 18.8 Å². The molecule has 1 aromatic heterocycles. The second-order valence-electron chi connectivity index (χ2n) is 8.63. The molecule has 0 aromatic carbocycles. The van der Waals surface area contributed by atoms with Gasteiger partial charge in [-0.15, -0.1) is 11.3 Å². The van der Waals surface area contributed by atoms with Crippen molar-refractivity contribution in [3.05, 3.63) is 20.8 Å². The number of carbonyl (C=O) groups excluding carboxylic acids is 3. The molecule has 0 unspecified atom stereocenters. The maximum absolute atomic E-state index is 12.9. The Morgan fingerprint density at radius 1 is 1.20 bits per heavy atom. The molecule has 0 bridgehead atoms. The highest BCUT2D eigenvalue weighted by molar-refractivity contribution is 9.11. The van der Waals surface area contributed by atoms with E-state index in [0.717, 1.165) is 54.4 Å². The van der Waals surface area contributed by atoms with E-state index in [9.17, 15) is 14.4 Å². The molecule has 3 heterocycles. The molecule has 4 rings (SSSR count). The molecule has 1 saturated carbocycles. The van der Waals surface area contributed by atoms with Gasteiger partial charge in [-0.3, -0.25) is 24.8 Å². The lowest BCUT2D eigenvalue weighted by molar-refractivity contribution is -0.140. The van der Waals surface area contributed by atoms with Gasteiger partial charge in [-0.2, -0.15) is 5.01 Å². The Labute approximate surface area is 189 Å². The molecule has 0 atom stereocenters. The van der Waals surface area contributed by atoms with Crippen LogP contribution in [0, 0.1) is 5.92 Å². The summed E-state index contributed by atoms with van der Waals surface area (Å²) in [5.74, 6) is -0.0842. The number of thiophene rings is 1. The summed E-state index contributed by atoms with van der Waals surface area (Å²) >= 11 is 5.24. The van der Waals surface area contributed by atoms with Gasteiger partial charge in [0.05, 0.1) is 10.3 Å². The first-order valence-corrected chi connectivity index (χ1v) is 12.1. The van der Waals surface area contributed by atoms with Crippen molar-refractivity contribution >= 4 is 45.1 Å². The molecule has 3 fully saturated rings. The van der Waals surface area contributed by atoms with Gasteiger partial charge in [0.25, 0.3) is 11.8 Å². The highest BCUT2D eigenvalue weighted by Crippen LogP contribution is 2.35. The number of piperazine rings is 1. The van der Waals surface area contributed by atoms with Crippen molar-refractivity contribution in [1.82, 2.24) is 25.6 Å². The molecule has 8 nitrogen and oxygen atoms in total. The number of hydrogen-bond acceptors (Lipinski definition) is 6. The molecule has 3 aliphatic rings. The van der Waals surface area contributed by atoms with Crippen LogP contribution in [0.15, 0.2) is 15.9 Å². The summed E-state index contributed by atoms with van der Waals surface area (Å²) in [6.07, 6.45) is 3.07. The summed E-state index contributed by atoms with van der Waals surface area (Å²) < 4.78 is 1.14. The summed E-state index contributed by atoms with van der Waals surface area (Å²) in [6, 6.07) is 3.68. The normalized spacial score (nSPS) is 28.2. The molecule has 4 amide bonds. The molecular formula is C20H28BrN5O3S. The lowest BCUT2D eigenvalue weighted by atomic mass is 9.77. The van der Waals surface area contributed by atoms with E-state index in [1.807, 2.05) is 0 Å². The Balaban J connectivity index is 1.24. The highest BCUT2D eigenvalue weighted by atomic mass is 79.9. The minimum absolute atomic E-state index is 0.180. The monoisotopic (exact) mass is 497 g/mol. The molecule has 2 N–H and O–H groups in total. The Kier molecular flexibility index (Phi) is 6.47. The average molecular weight is 498 g/mol. The number of urea groups is 1. The first-order valence-electron chi connectivity index (χ1n) is 10.5. The molecule has 1 aromatic rings. The van der Waals surface area contributed by atoms with E-state index in [2.05, 4.69) is 55.5 Å². The SMILES string of the molecule is CC1CCC2(CC1)NC(=O)N(NC(=O)CN1CCN(Cc3ccc(Br)s3)CC1)C2=O. The van der Waals surface area contributed by atoms with Crippen LogP contribution in [0.4, 0.5) is 4.79 Å². The molecule has 0 radical (unpaired) electrons. The van der Waals surface area contributed by atoms with Crippen molar-refractivity contribution in [2.24, 2.45) is 5.92 Å². The maximum atomic E-state index is 12.9. The Bertz CT molecular complexity index is 815. The molecule has 2 aliphatic heterocycles. The fourth-order valence-electron chi connectivity index (χ4n) is 4.44. The number of imide groups is 1. The van der Waals surface area contributed by atoms with Crippen molar-refractivity contribution in [1.29, 1.82) is 0 Å². The second-order valence-corrected chi connectivity index (χ2v) is 11.2. The summed E-state index contributed by atoms with van der Waals surface area (Å²) in [4.78, 5) is 43.5. The third-order valence-electron chi connectivity index (χ3n) is 6.37. The predicted octanol–water partition coefficient (Wildman–Crippen LogP) is 2.16. The second kappa shape index (κ2) is 8.94. The number of nitrogens with one attached hydrogen (secondary N) is 2. The summed E-state index contributed by atoms with van der Waals surface area (Å²) in [6.45, 7) is 6.58. The zero-order valence-corrected chi connectivity index (χ0v) is 19.6. The van der Waals surface area contributed by atoms with Crippen LogP contribution in [0.1, 0.15) is 37.5 Å². The average Bonchev–Trinajstić information content (AvgIpc) is 3.22. The molecule has 10 heteroatoms. The molecule has 1 spiro atoms. The van der Waals surface area contributed by atoms with E-state index in [1.165, 1.54) is 4.88 Å². The molecule has 30 heavy (non-hydrogen) atoms. The first kappa shape index (κ1) is 21.7. The Hall–Kier alpha value is -1.49. The number of halogens is 1. The zero-order valence-electron chi connectivity index (χ0n) is 17.2. The van der Waals surface area contributed by atoms with E-state index < -0.39 is 11.6 Å². The van der Waals surface area contributed by atoms with Gasteiger partial charge in [0.15, 0.2) is 0 Å².